The van der Waals surface area contributed by atoms with Gasteiger partial charge < -0.3 is 10.6 Å². The number of carbonyl (C=O) groups is 1. The Morgan fingerprint density at radius 3 is 3.00 bits per heavy atom. The summed E-state index contributed by atoms with van der Waals surface area (Å²) < 4.78 is 0. The molecule has 1 aliphatic rings. The van der Waals surface area contributed by atoms with E-state index < -0.39 is 0 Å². The van der Waals surface area contributed by atoms with Gasteiger partial charge >= 0.3 is 0 Å². The molecule has 21 heavy (non-hydrogen) atoms. The second-order valence-corrected chi connectivity index (χ2v) is 5.64. The lowest BCUT2D eigenvalue weighted by Gasteiger charge is -2.26. The van der Waals surface area contributed by atoms with Gasteiger partial charge in [0, 0.05) is 18.1 Å². The first kappa shape index (κ1) is 14.0. The van der Waals surface area contributed by atoms with Crippen LogP contribution in [0.2, 0.25) is 0 Å². The van der Waals surface area contributed by atoms with Gasteiger partial charge in [0.25, 0.3) is 0 Å². The monoisotopic (exact) mass is 283 g/mol. The Hall–Kier alpha value is -1.94. The highest BCUT2D eigenvalue weighted by molar-refractivity contribution is 5.87. The number of para-hydroxylation sites is 1. The summed E-state index contributed by atoms with van der Waals surface area (Å²) in [5.41, 5.74) is 1.65. The average Bonchev–Trinajstić information content (AvgIpc) is 3.03. The summed E-state index contributed by atoms with van der Waals surface area (Å²) in [7, 11) is 0. The molecule has 2 aromatic rings. The van der Waals surface area contributed by atoms with E-state index in [1.54, 1.807) is 6.20 Å². The van der Waals surface area contributed by atoms with E-state index in [2.05, 4.69) is 22.5 Å². The van der Waals surface area contributed by atoms with Crippen LogP contribution in [-0.2, 0) is 11.3 Å². The van der Waals surface area contributed by atoms with Crippen molar-refractivity contribution in [1.82, 2.24) is 15.6 Å². The van der Waals surface area contributed by atoms with Crippen LogP contribution in [0.1, 0.15) is 31.7 Å². The lowest BCUT2D eigenvalue weighted by Crippen LogP contribution is -2.52. The van der Waals surface area contributed by atoms with Gasteiger partial charge in [-0.15, -0.1) is 0 Å². The molecule has 0 aliphatic carbocycles. The van der Waals surface area contributed by atoms with E-state index in [0.717, 1.165) is 42.3 Å². The number of fused-ring (bicyclic) bond motifs is 1. The van der Waals surface area contributed by atoms with Gasteiger partial charge in [0.05, 0.1) is 11.1 Å². The van der Waals surface area contributed by atoms with Crippen LogP contribution in [0.5, 0.6) is 0 Å². The highest BCUT2D eigenvalue weighted by Crippen LogP contribution is 2.23. The van der Waals surface area contributed by atoms with E-state index in [9.17, 15) is 4.79 Å². The maximum absolute atomic E-state index is 12.5. The molecular weight excluding hydrogens is 262 g/mol. The van der Waals surface area contributed by atoms with Crippen molar-refractivity contribution in [2.45, 2.75) is 38.3 Å². The van der Waals surface area contributed by atoms with E-state index in [-0.39, 0.29) is 11.4 Å². The molecule has 1 fully saturated rings. The molecule has 0 spiro atoms. The maximum atomic E-state index is 12.5. The first-order valence-corrected chi connectivity index (χ1v) is 7.61. The zero-order chi connectivity index (χ0) is 14.7. The topological polar surface area (TPSA) is 54.0 Å². The first-order valence-electron chi connectivity index (χ1n) is 7.61. The van der Waals surface area contributed by atoms with Crippen molar-refractivity contribution in [2.75, 3.05) is 6.54 Å². The van der Waals surface area contributed by atoms with Crippen molar-refractivity contribution in [2.24, 2.45) is 0 Å². The molecule has 3 rings (SSSR count). The van der Waals surface area contributed by atoms with Crippen LogP contribution in [0.25, 0.3) is 10.9 Å². The molecule has 0 saturated carbocycles. The van der Waals surface area contributed by atoms with Crippen molar-refractivity contribution in [3.8, 4) is 0 Å². The summed E-state index contributed by atoms with van der Waals surface area (Å²) in [5.74, 6) is 0.107. The Morgan fingerprint density at radius 1 is 1.38 bits per heavy atom. The number of benzene rings is 1. The van der Waals surface area contributed by atoms with Gasteiger partial charge in [-0.1, -0.05) is 31.2 Å². The third-order valence-electron chi connectivity index (χ3n) is 4.44. The lowest BCUT2D eigenvalue weighted by molar-refractivity contribution is -0.127. The van der Waals surface area contributed by atoms with Gasteiger partial charge in [-0.05, 0) is 37.4 Å². The second kappa shape index (κ2) is 5.82. The molecule has 4 nitrogen and oxygen atoms in total. The number of rotatable bonds is 4. The van der Waals surface area contributed by atoms with Gasteiger partial charge in [0.1, 0.15) is 0 Å². The predicted octanol–water partition coefficient (Wildman–Crippen LogP) is 2.38. The van der Waals surface area contributed by atoms with E-state index >= 15 is 0 Å². The normalized spacial score (nSPS) is 21.6. The molecular formula is C17H21N3O. The third-order valence-corrected chi connectivity index (χ3v) is 4.44. The SMILES string of the molecule is CCC1(C(=O)NCc2cccc3cccnc23)CCCN1. The molecule has 0 radical (unpaired) electrons. The van der Waals surface area contributed by atoms with Crippen molar-refractivity contribution < 1.29 is 4.79 Å². The summed E-state index contributed by atoms with van der Waals surface area (Å²) in [6, 6.07) is 10.0. The number of nitrogens with zero attached hydrogens (tertiary/aromatic N) is 1. The minimum atomic E-state index is -0.377. The lowest BCUT2D eigenvalue weighted by atomic mass is 9.93. The fraction of sp³-hybridized carbons (Fsp3) is 0.412. The highest BCUT2D eigenvalue weighted by Gasteiger charge is 2.38. The molecule has 1 atom stereocenters. The van der Waals surface area contributed by atoms with Crippen LogP contribution in [0.15, 0.2) is 36.5 Å². The summed E-state index contributed by atoms with van der Waals surface area (Å²) in [6.07, 6.45) is 4.60. The fourth-order valence-corrected chi connectivity index (χ4v) is 3.12. The molecule has 1 unspecified atom stereocenters. The summed E-state index contributed by atoms with van der Waals surface area (Å²) in [6.45, 7) is 3.52. The first-order chi connectivity index (χ1) is 10.2. The number of amides is 1. The number of carbonyl (C=O) groups excluding carboxylic acids is 1. The summed E-state index contributed by atoms with van der Waals surface area (Å²) in [5, 5.41) is 7.55. The summed E-state index contributed by atoms with van der Waals surface area (Å²) >= 11 is 0. The molecule has 1 saturated heterocycles. The molecule has 110 valence electrons. The molecule has 1 amide bonds. The van der Waals surface area contributed by atoms with Crippen molar-refractivity contribution in [3.63, 3.8) is 0 Å². The van der Waals surface area contributed by atoms with E-state index in [1.807, 2.05) is 30.3 Å². The zero-order valence-electron chi connectivity index (χ0n) is 12.4. The van der Waals surface area contributed by atoms with Gasteiger partial charge in [0.15, 0.2) is 0 Å². The van der Waals surface area contributed by atoms with Crippen LogP contribution >= 0.6 is 0 Å². The molecule has 1 aromatic carbocycles. The molecule has 1 aliphatic heterocycles. The Morgan fingerprint density at radius 2 is 2.24 bits per heavy atom. The molecule has 4 heteroatoms. The fourth-order valence-electron chi connectivity index (χ4n) is 3.12. The van der Waals surface area contributed by atoms with Crippen molar-refractivity contribution in [1.29, 1.82) is 0 Å². The van der Waals surface area contributed by atoms with Crippen LogP contribution in [0.4, 0.5) is 0 Å². The predicted molar refractivity (Wildman–Crippen MR) is 83.8 cm³/mol. The Labute approximate surface area is 125 Å². The van der Waals surface area contributed by atoms with E-state index in [0.29, 0.717) is 6.54 Å². The Bertz CT molecular complexity index is 642. The van der Waals surface area contributed by atoms with Crippen molar-refractivity contribution >= 4 is 16.8 Å². The highest BCUT2D eigenvalue weighted by atomic mass is 16.2. The second-order valence-electron chi connectivity index (χ2n) is 5.64. The number of aromatic nitrogens is 1. The van der Waals surface area contributed by atoms with Gasteiger partial charge in [-0.3, -0.25) is 9.78 Å². The van der Waals surface area contributed by atoms with Gasteiger partial charge in [-0.2, -0.15) is 0 Å². The minimum Gasteiger partial charge on any atom is -0.350 e. The smallest absolute Gasteiger partial charge is 0.240 e. The van der Waals surface area contributed by atoms with Crippen LogP contribution in [0, 0.1) is 0 Å². The zero-order valence-corrected chi connectivity index (χ0v) is 12.4. The number of nitrogens with one attached hydrogen (secondary N) is 2. The molecule has 2 heterocycles. The van der Waals surface area contributed by atoms with Gasteiger partial charge in [0.2, 0.25) is 5.91 Å². The van der Waals surface area contributed by atoms with Crippen LogP contribution in [-0.4, -0.2) is 23.0 Å². The Balaban J connectivity index is 1.76. The minimum absolute atomic E-state index is 0.107. The molecule has 2 N–H and O–H groups in total. The quantitative estimate of drug-likeness (QED) is 0.906. The standard InChI is InChI=1S/C17H21N3O/c1-2-17(9-5-11-20-17)16(21)19-12-14-7-3-6-13-8-4-10-18-15(13)14/h3-4,6-8,10,20H,2,5,9,11-12H2,1H3,(H,19,21). The maximum Gasteiger partial charge on any atom is 0.240 e. The Kier molecular flexibility index (Phi) is 3.88. The third kappa shape index (κ3) is 2.63. The number of hydrogen-bond donors (Lipinski definition) is 2. The van der Waals surface area contributed by atoms with E-state index in [1.165, 1.54) is 0 Å². The number of pyridine rings is 1. The number of hydrogen-bond acceptors (Lipinski definition) is 3. The van der Waals surface area contributed by atoms with Crippen LogP contribution in [0.3, 0.4) is 0 Å². The van der Waals surface area contributed by atoms with E-state index in [4.69, 9.17) is 0 Å². The summed E-state index contributed by atoms with van der Waals surface area (Å²) in [4.78, 5) is 16.9. The molecule has 1 aromatic heterocycles. The van der Waals surface area contributed by atoms with Crippen LogP contribution < -0.4 is 10.6 Å². The molecule has 0 bridgehead atoms. The van der Waals surface area contributed by atoms with Gasteiger partial charge in [-0.25, -0.2) is 0 Å². The largest absolute Gasteiger partial charge is 0.350 e. The van der Waals surface area contributed by atoms with Crippen molar-refractivity contribution in [3.05, 3.63) is 42.1 Å². The average molecular weight is 283 g/mol.